The van der Waals surface area contributed by atoms with Crippen LogP contribution in [0.3, 0.4) is 0 Å². The first-order chi connectivity index (χ1) is 4.95. The summed E-state index contributed by atoms with van der Waals surface area (Å²) in [5.41, 5.74) is 0. The van der Waals surface area contributed by atoms with Crippen LogP contribution >= 0.6 is 0 Å². The molecule has 0 N–H and O–H groups in total. The zero-order chi connectivity index (χ0) is 6.81. The van der Waals surface area contributed by atoms with Crippen LogP contribution in [-0.2, 0) is 14.2 Å². The lowest BCUT2D eigenvalue weighted by Gasteiger charge is -2.31. The first-order valence-electron chi connectivity index (χ1n) is 3.80. The van der Waals surface area contributed by atoms with E-state index in [0.717, 1.165) is 26.1 Å². The van der Waals surface area contributed by atoms with Crippen molar-refractivity contribution < 1.29 is 14.2 Å². The SMILES string of the molecule is C1CC(COC2CCO2)O1. The number of ether oxygens (including phenoxy) is 3. The summed E-state index contributed by atoms with van der Waals surface area (Å²) in [7, 11) is 0. The van der Waals surface area contributed by atoms with E-state index in [4.69, 9.17) is 14.2 Å². The van der Waals surface area contributed by atoms with Gasteiger partial charge in [-0.2, -0.15) is 0 Å². The van der Waals surface area contributed by atoms with Gasteiger partial charge in [0.25, 0.3) is 0 Å². The van der Waals surface area contributed by atoms with E-state index in [2.05, 4.69) is 0 Å². The summed E-state index contributed by atoms with van der Waals surface area (Å²) in [6.45, 7) is 2.47. The van der Waals surface area contributed by atoms with Gasteiger partial charge in [-0.1, -0.05) is 0 Å². The second-order valence-electron chi connectivity index (χ2n) is 2.70. The Morgan fingerprint density at radius 3 is 2.30 bits per heavy atom. The summed E-state index contributed by atoms with van der Waals surface area (Å²) < 4.78 is 15.6. The molecule has 0 aromatic carbocycles. The molecule has 2 saturated heterocycles. The zero-order valence-electron chi connectivity index (χ0n) is 5.91. The highest BCUT2D eigenvalue weighted by Gasteiger charge is 2.23. The molecule has 2 aliphatic rings. The third kappa shape index (κ3) is 1.31. The summed E-state index contributed by atoms with van der Waals surface area (Å²) in [5.74, 6) is 0. The summed E-state index contributed by atoms with van der Waals surface area (Å²) in [5, 5.41) is 0. The van der Waals surface area contributed by atoms with Gasteiger partial charge in [0.15, 0.2) is 6.29 Å². The molecule has 2 atom stereocenters. The zero-order valence-corrected chi connectivity index (χ0v) is 5.91. The lowest BCUT2D eigenvalue weighted by molar-refractivity contribution is -0.235. The third-order valence-corrected chi connectivity index (χ3v) is 1.92. The number of rotatable bonds is 3. The van der Waals surface area contributed by atoms with Gasteiger partial charge in [-0.05, 0) is 6.42 Å². The Hall–Kier alpha value is -0.120. The fraction of sp³-hybridized carbons (Fsp3) is 1.00. The Balaban J connectivity index is 1.54. The predicted octanol–water partition coefficient (Wildman–Crippen LogP) is 0.538. The van der Waals surface area contributed by atoms with Crippen molar-refractivity contribution in [3.8, 4) is 0 Å². The van der Waals surface area contributed by atoms with E-state index in [9.17, 15) is 0 Å². The van der Waals surface area contributed by atoms with Gasteiger partial charge in [0.2, 0.25) is 0 Å². The number of hydrogen-bond donors (Lipinski definition) is 0. The van der Waals surface area contributed by atoms with Gasteiger partial charge in [-0.3, -0.25) is 0 Å². The van der Waals surface area contributed by atoms with Gasteiger partial charge in [-0.25, -0.2) is 0 Å². The topological polar surface area (TPSA) is 27.7 Å². The first kappa shape index (κ1) is 6.58. The number of hydrogen-bond acceptors (Lipinski definition) is 3. The van der Waals surface area contributed by atoms with Crippen molar-refractivity contribution in [1.82, 2.24) is 0 Å². The quantitative estimate of drug-likeness (QED) is 0.578. The second-order valence-corrected chi connectivity index (χ2v) is 2.70. The molecule has 0 aromatic rings. The molecule has 2 fully saturated rings. The maximum absolute atomic E-state index is 5.33. The van der Waals surface area contributed by atoms with Crippen molar-refractivity contribution in [2.45, 2.75) is 25.2 Å². The van der Waals surface area contributed by atoms with Crippen molar-refractivity contribution >= 4 is 0 Å². The van der Waals surface area contributed by atoms with E-state index in [1.165, 1.54) is 0 Å². The van der Waals surface area contributed by atoms with E-state index in [0.29, 0.717) is 12.7 Å². The molecule has 0 amide bonds. The molecule has 0 bridgehead atoms. The summed E-state index contributed by atoms with van der Waals surface area (Å²) in [6.07, 6.45) is 2.62. The van der Waals surface area contributed by atoms with Crippen LogP contribution in [-0.4, -0.2) is 32.2 Å². The minimum absolute atomic E-state index is 0.0733. The Morgan fingerprint density at radius 1 is 1.20 bits per heavy atom. The molecule has 0 radical (unpaired) electrons. The van der Waals surface area contributed by atoms with Crippen LogP contribution in [0.1, 0.15) is 12.8 Å². The molecule has 0 aliphatic carbocycles. The van der Waals surface area contributed by atoms with Crippen molar-refractivity contribution in [3.63, 3.8) is 0 Å². The molecular weight excluding hydrogens is 132 g/mol. The molecule has 2 rings (SSSR count). The normalized spacial score (nSPS) is 38.4. The van der Waals surface area contributed by atoms with Crippen LogP contribution in [0.15, 0.2) is 0 Å². The fourth-order valence-corrected chi connectivity index (χ4v) is 0.976. The van der Waals surface area contributed by atoms with Crippen molar-refractivity contribution in [2.24, 2.45) is 0 Å². The van der Waals surface area contributed by atoms with Gasteiger partial charge in [0.1, 0.15) is 0 Å². The Bertz CT molecular complexity index is 93.4. The third-order valence-electron chi connectivity index (χ3n) is 1.92. The lowest BCUT2D eigenvalue weighted by Crippen LogP contribution is -2.37. The van der Waals surface area contributed by atoms with E-state index < -0.39 is 0 Å². The van der Waals surface area contributed by atoms with Gasteiger partial charge in [-0.15, -0.1) is 0 Å². The van der Waals surface area contributed by atoms with Crippen molar-refractivity contribution in [3.05, 3.63) is 0 Å². The standard InChI is InChI=1S/C7H12O3/c1-3-8-6(1)5-10-7-2-4-9-7/h6-7H,1-5H2. The maximum atomic E-state index is 5.33. The van der Waals surface area contributed by atoms with Crippen LogP contribution in [0, 0.1) is 0 Å². The van der Waals surface area contributed by atoms with Crippen LogP contribution in [0.2, 0.25) is 0 Å². The van der Waals surface area contributed by atoms with E-state index in [-0.39, 0.29) is 6.29 Å². The smallest absolute Gasteiger partial charge is 0.159 e. The van der Waals surface area contributed by atoms with Crippen molar-refractivity contribution in [2.75, 3.05) is 19.8 Å². The maximum Gasteiger partial charge on any atom is 0.159 e. The first-order valence-corrected chi connectivity index (χ1v) is 3.80. The minimum atomic E-state index is 0.0733. The molecule has 58 valence electrons. The Kier molecular flexibility index (Phi) is 1.88. The highest BCUT2D eigenvalue weighted by molar-refractivity contribution is 4.66. The van der Waals surface area contributed by atoms with E-state index >= 15 is 0 Å². The molecule has 3 heteroatoms. The lowest BCUT2D eigenvalue weighted by atomic mass is 10.2. The fourth-order valence-electron chi connectivity index (χ4n) is 0.976. The van der Waals surface area contributed by atoms with E-state index in [1.54, 1.807) is 0 Å². The van der Waals surface area contributed by atoms with Crippen molar-refractivity contribution in [1.29, 1.82) is 0 Å². The molecule has 2 heterocycles. The highest BCUT2D eigenvalue weighted by atomic mass is 16.7. The molecule has 10 heavy (non-hydrogen) atoms. The van der Waals surface area contributed by atoms with Crippen LogP contribution < -0.4 is 0 Å². The predicted molar refractivity (Wildman–Crippen MR) is 34.7 cm³/mol. The summed E-state index contributed by atoms with van der Waals surface area (Å²) in [6, 6.07) is 0. The van der Waals surface area contributed by atoms with Gasteiger partial charge >= 0.3 is 0 Å². The van der Waals surface area contributed by atoms with Gasteiger partial charge in [0, 0.05) is 13.0 Å². The van der Waals surface area contributed by atoms with Crippen LogP contribution in [0.25, 0.3) is 0 Å². The molecule has 0 spiro atoms. The molecule has 2 unspecified atom stereocenters. The molecule has 2 aliphatic heterocycles. The average Bonchev–Trinajstić information content (AvgIpc) is 1.70. The summed E-state index contributed by atoms with van der Waals surface area (Å²) in [4.78, 5) is 0. The summed E-state index contributed by atoms with van der Waals surface area (Å²) >= 11 is 0. The Morgan fingerprint density at radius 2 is 1.90 bits per heavy atom. The van der Waals surface area contributed by atoms with Gasteiger partial charge in [0.05, 0.1) is 19.3 Å². The van der Waals surface area contributed by atoms with E-state index in [1.807, 2.05) is 0 Å². The monoisotopic (exact) mass is 144 g/mol. The minimum Gasteiger partial charge on any atom is -0.376 e. The van der Waals surface area contributed by atoms with Crippen LogP contribution in [0.5, 0.6) is 0 Å². The molecule has 3 nitrogen and oxygen atoms in total. The highest BCUT2D eigenvalue weighted by Crippen LogP contribution is 2.16. The average molecular weight is 144 g/mol. The Labute approximate surface area is 60.3 Å². The molecule has 0 saturated carbocycles. The van der Waals surface area contributed by atoms with Crippen LogP contribution in [0.4, 0.5) is 0 Å². The molecule has 0 aromatic heterocycles. The van der Waals surface area contributed by atoms with Gasteiger partial charge < -0.3 is 14.2 Å². The largest absolute Gasteiger partial charge is 0.376 e. The molecular formula is C7H12O3. The second kappa shape index (κ2) is 2.86.